The molecule has 0 aliphatic carbocycles. The van der Waals surface area contributed by atoms with Gasteiger partial charge in [0.15, 0.2) is 5.16 Å². The number of nitrogens with two attached hydrogens (primary N) is 2. The van der Waals surface area contributed by atoms with Crippen molar-refractivity contribution in [1.29, 1.82) is 0 Å². The SMILES string of the molecule is Cc1cc(C)nc(NS(=O)(=O)c2ccc(NC(=O)CCSc3nc(N)cc(N)n3)cc2)n1. The number of thioether (sulfide) groups is 1. The van der Waals surface area contributed by atoms with Crippen LogP contribution in [0, 0.1) is 13.8 Å². The average molecular weight is 475 g/mol. The number of carbonyl (C=O) groups excluding carboxylic acids is 1. The number of amides is 1. The van der Waals surface area contributed by atoms with Gasteiger partial charge in [0.05, 0.1) is 4.90 Å². The van der Waals surface area contributed by atoms with Crippen LogP contribution in [0.1, 0.15) is 17.8 Å². The van der Waals surface area contributed by atoms with Gasteiger partial charge in [0, 0.05) is 35.3 Å². The van der Waals surface area contributed by atoms with E-state index in [1.54, 1.807) is 19.9 Å². The number of aromatic nitrogens is 4. The van der Waals surface area contributed by atoms with Crippen LogP contribution >= 0.6 is 11.8 Å². The summed E-state index contributed by atoms with van der Waals surface area (Å²) in [4.78, 5) is 28.4. The zero-order valence-electron chi connectivity index (χ0n) is 17.4. The molecule has 1 aromatic carbocycles. The lowest BCUT2D eigenvalue weighted by atomic mass is 10.3. The van der Waals surface area contributed by atoms with Crippen molar-refractivity contribution in [3.63, 3.8) is 0 Å². The summed E-state index contributed by atoms with van der Waals surface area (Å²) < 4.78 is 27.5. The maximum atomic E-state index is 12.6. The molecule has 1 amide bonds. The molecule has 3 aromatic rings. The molecule has 11 nitrogen and oxygen atoms in total. The molecule has 0 aliphatic heterocycles. The molecule has 0 fully saturated rings. The van der Waals surface area contributed by atoms with E-state index < -0.39 is 10.0 Å². The number of anilines is 4. The van der Waals surface area contributed by atoms with Gasteiger partial charge in [0.2, 0.25) is 11.9 Å². The largest absolute Gasteiger partial charge is 0.383 e. The number of nitrogen functional groups attached to an aromatic ring is 2. The molecule has 0 bridgehead atoms. The first-order chi connectivity index (χ1) is 15.1. The Morgan fingerprint density at radius 1 is 0.969 bits per heavy atom. The second-order valence-corrected chi connectivity index (χ2v) is 9.50. The molecule has 6 N–H and O–H groups in total. The molecule has 0 spiro atoms. The molecule has 0 saturated heterocycles. The summed E-state index contributed by atoms with van der Waals surface area (Å²) in [5.41, 5.74) is 13.0. The first kappa shape index (κ1) is 23.2. The van der Waals surface area contributed by atoms with Gasteiger partial charge in [-0.25, -0.2) is 33.1 Å². The highest BCUT2D eigenvalue weighted by molar-refractivity contribution is 7.99. The van der Waals surface area contributed by atoms with E-state index in [9.17, 15) is 13.2 Å². The van der Waals surface area contributed by atoms with E-state index in [0.29, 0.717) is 28.0 Å². The molecule has 0 saturated carbocycles. The highest BCUT2D eigenvalue weighted by Gasteiger charge is 2.16. The van der Waals surface area contributed by atoms with Crippen molar-refractivity contribution in [3.05, 3.63) is 47.8 Å². The smallest absolute Gasteiger partial charge is 0.264 e. The van der Waals surface area contributed by atoms with Gasteiger partial charge in [0.1, 0.15) is 11.6 Å². The molecule has 0 atom stereocenters. The summed E-state index contributed by atoms with van der Waals surface area (Å²) in [5, 5.41) is 3.11. The van der Waals surface area contributed by atoms with E-state index in [4.69, 9.17) is 11.5 Å². The molecule has 32 heavy (non-hydrogen) atoms. The number of aryl methyl sites for hydroxylation is 2. The Morgan fingerprint density at radius 2 is 1.56 bits per heavy atom. The van der Waals surface area contributed by atoms with Crippen LogP contribution < -0.4 is 21.5 Å². The minimum Gasteiger partial charge on any atom is -0.383 e. The molecule has 13 heteroatoms. The third kappa shape index (κ3) is 6.52. The van der Waals surface area contributed by atoms with E-state index in [-0.39, 0.29) is 34.8 Å². The fourth-order valence-electron chi connectivity index (χ4n) is 2.65. The monoisotopic (exact) mass is 474 g/mol. The van der Waals surface area contributed by atoms with Crippen LogP contribution in [0.5, 0.6) is 0 Å². The fraction of sp³-hybridized carbons (Fsp3) is 0.211. The van der Waals surface area contributed by atoms with Gasteiger partial charge in [-0.3, -0.25) is 4.79 Å². The van der Waals surface area contributed by atoms with Crippen molar-refractivity contribution < 1.29 is 13.2 Å². The van der Waals surface area contributed by atoms with E-state index in [1.165, 1.54) is 42.1 Å². The Balaban J connectivity index is 1.55. The number of carbonyl (C=O) groups is 1. The Morgan fingerprint density at radius 3 is 2.16 bits per heavy atom. The number of rotatable bonds is 8. The van der Waals surface area contributed by atoms with Gasteiger partial charge in [-0.15, -0.1) is 0 Å². The van der Waals surface area contributed by atoms with Crippen molar-refractivity contribution in [2.75, 3.05) is 27.3 Å². The van der Waals surface area contributed by atoms with Crippen molar-refractivity contribution in [3.8, 4) is 0 Å². The number of benzene rings is 1. The molecule has 0 unspecified atom stereocenters. The molecule has 168 valence electrons. The predicted octanol–water partition coefficient (Wildman–Crippen LogP) is 1.97. The predicted molar refractivity (Wildman–Crippen MR) is 124 cm³/mol. The molecule has 3 rings (SSSR count). The first-order valence-corrected chi connectivity index (χ1v) is 11.9. The van der Waals surface area contributed by atoms with Crippen molar-refractivity contribution >= 4 is 51.0 Å². The quantitative estimate of drug-likeness (QED) is 0.278. The molecule has 0 radical (unpaired) electrons. The Labute approximate surface area is 189 Å². The summed E-state index contributed by atoms with van der Waals surface area (Å²) in [7, 11) is -3.87. The van der Waals surface area contributed by atoms with Gasteiger partial charge in [-0.2, -0.15) is 0 Å². The summed E-state index contributed by atoms with van der Waals surface area (Å²) in [6, 6.07) is 8.97. The maximum Gasteiger partial charge on any atom is 0.264 e. The van der Waals surface area contributed by atoms with Crippen LogP contribution in [0.3, 0.4) is 0 Å². The van der Waals surface area contributed by atoms with Gasteiger partial charge in [-0.05, 0) is 44.2 Å². The minimum atomic E-state index is -3.87. The lowest BCUT2D eigenvalue weighted by molar-refractivity contribution is -0.115. The zero-order chi connectivity index (χ0) is 23.3. The summed E-state index contributed by atoms with van der Waals surface area (Å²) >= 11 is 1.25. The van der Waals surface area contributed by atoms with Gasteiger partial charge in [-0.1, -0.05) is 11.8 Å². The van der Waals surface area contributed by atoms with Gasteiger partial charge < -0.3 is 16.8 Å². The van der Waals surface area contributed by atoms with Crippen LogP contribution in [0.4, 0.5) is 23.3 Å². The van der Waals surface area contributed by atoms with Crippen LogP contribution in [-0.4, -0.2) is 40.0 Å². The van der Waals surface area contributed by atoms with E-state index in [1.807, 2.05) is 0 Å². The second-order valence-electron chi connectivity index (χ2n) is 6.75. The number of sulfonamides is 1. The van der Waals surface area contributed by atoms with E-state index in [2.05, 4.69) is 30.0 Å². The second kappa shape index (κ2) is 9.78. The fourth-order valence-corrected chi connectivity index (χ4v) is 4.41. The van der Waals surface area contributed by atoms with E-state index >= 15 is 0 Å². The van der Waals surface area contributed by atoms with Crippen LogP contribution in [0.15, 0.2) is 46.5 Å². The highest BCUT2D eigenvalue weighted by atomic mass is 32.2. The molecule has 2 heterocycles. The third-order valence-electron chi connectivity index (χ3n) is 3.96. The lowest BCUT2D eigenvalue weighted by Gasteiger charge is -2.09. The van der Waals surface area contributed by atoms with Gasteiger partial charge in [0.25, 0.3) is 10.0 Å². The Kier molecular flexibility index (Phi) is 7.10. The molecule has 0 aliphatic rings. The standard InChI is InChI=1S/C19H22N8O3S2/c1-11-9-12(2)23-18(22-11)27-32(29,30)14-5-3-13(4-6-14)24-17(28)7-8-31-19-25-15(20)10-16(21)26-19/h3-6,9-10H,7-8H2,1-2H3,(H,24,28)(H,22,23,27)(H4,20,21,25,26). The lowest BCUT2D eigenvalue weighted by Crippen LogP contribution is -2.16. The topological polar surface area (TPSA) is 179 Å². The van der Waals surface area contributed by atoms with Crippen LogP contribution in [-0.2, 0) is 14.8 Å². The summed E-state index contributed by atoms with van der Waals surface area (Å²) in [5.74, 6) is 0.701. The molecular formula is C19H22N8O3S2. The van der Waals surface area contributed by atoms with Gasteiger partial charge >= 0.3 is 0 Å². The summed E-state index contributed by atoms with van der Waals surface area (Å²) in [6.07, 6.45) is 0.189. The Bertz CT molecular complexity index is 1190. The zero-order valence-corrected chi connectivity index (χ0v) is 19.0. The average Bonchev–Trinajstić information content (AvgIpc) is 2.66. The normalized spacial score (nSPS) is 11.2. The van der Waals surface area contributed by atoms with Crippen LogP contribution in [0.25, 0.3) is 0 Å². The van der Waals surface area contributed by atoms with Crippen molar-refractivity contribution in [1.82, 2.24) is 19.9 Å². The number of hydrogen-bond acceptors (Lipinski definition) is 10. The number of nitrogens with zero attached hydrogens (tertiary/aromatic N) is 4. The molecule has 2 aromatic heterocycles. The Hall–Kier alpha value is -3.45. The summed E-state index contributed by atoms with van der Waals surface area (Å²) in [6.45, 7) is 3.50. The number of nitrogens with one attached hydrogen (secondary N) is 2. The maximum absolute atomic E-state index is 12.6. The van der Waals surface area contributed by atoms with Crippen molar-refractivity contribution in [2.45, 2.75) is 30.3 Å². The number of hydrogen-bond donors (Lipinski definition) is 4. The third-order valence-corrected chi connectivity index (χ3v) is 6.15. The molecular weight excluding hydrogens is 452 g/mol. The van der Waals surface area contributed by atoms with E-state index in [0.717, 1.165) is 0 Å². The first-order valence-electron chi connectivity index (χ1n) is 9.38. The van der Waals surface area contributed by atoms with Crippen LogP contribution in [0.2, 0.25) is 0 Å². The highest BCUT2D eigenvalue weighted by Crippen LogP contribution is 2.19. The minimum absolute atomic E-state index is 0.00304. The van der Waals surface area contributed by atoms with Crippen molar-refractivity contribution in [2.24, 2.45) is 0 Å².